The smallest absolute Gasteiger partial charge is 0.0159 e. The number of hydrogen-bond acceptors (Lipinski definition) is 0. The zero-order chi connectivity index (χ0) is 44.4. The molecule has 0 fully saturated rings. The first kappa shape index (κ1) is 38.0. The molecule has 1 aliphatic carbocycles. The summed E-state index contributed by atoms with van der Waals surface area (Å²) in [7, 11) is 0. The highest BCUT2D eigenvalue weighted by Gasteiger charge is 2.37. The van der Waals surface area contributed by atoms with Gasteiger partial charge in [0.05, 0.1) is 0 Å². The van der Waals surface area contributed by atoms with Crippen molar-refractivity contribution in [3.05, 3.63) is 242 Å². The Bertz CT molecular complexity index is 4180. The van der Waals surface area contributed by atoms with Crippen molar-refractivity contribution in [2.45, 2.75) is 19.3 Å². The summed E-state index contributed by atoms with van der Waals surface area (Å²) in [5.74, 6) is 0. The van der Waals surface area contributed by atoms with Gasteiger partial charge in [0.1, 0.15) is 0 Å². The van der Waals surface area contributed by atoms with Gasteiger partial charge >= 0.3 is 0 Å². The number of benzene rings is 13. The van der Waals surface area contributed by atoms with Gasteiger partial charge in [-0.1, -0.05) is 208 Å². The minimum atomic E-state index is -0.263. The third-order valence-corrected chi connectivity index (χ3v) is 15.2. The van der Waals surface area contributed by atoms with Gasteiger partial charge in [-0.15, -0.1) is 0 Å². The first-order valence-corrected chi connectivity index (χ1v) is 23.6. The molecule has 0 heterocycles. The van der Waals surface area contributed by atoms with Crippen LogP contribution in [0.1, 0.15) is 25.0 Å². The molecule has 0 atom stereocenters. The average molecular weight is 849 g/mol. The standard InChI is InChI=1S/C67H44/c1-67(2)61-38-50(64-54-23-11-9-21-52(54)63(53-22-10-12-24-55(53)64)47-30-27-41-15-3-6-18-44(41)35-47)33-34-51(61)58-39-59-60(40-62(58)67)66(49-32-29-43-17-5-8-20-46(43)37-49)57-26-14-13-25-56(57)65(59)48-31-28-42-16-4-7-19-45(42)36-48/h3-40H,1-2H3. The Labute approximate surface area is 390 Å². The van der Waals surface area contributed by atoms with Gasteiger partial charge in [-0.2, -0.15) is 0 Å². The first-order chi connectivity index (χ1) is 33.0. The lowest BCUT2D eigenvalue weighted by molar-refractivity contribution is 0.661. The normalized spacial score (nSPS) is 13.0. The summed E-state index contributed by atoms with van der Waals surface area (Å²) in [4.78, 5) is 0. The van der Waals surface area contributed by atoms with Crippen molar-refractivity contribution in [1.82, 2.24) is 0 Å². The van der Waals surface area contributed by atoms with Gasteiger partial charge in [-0.3, -0.25) is 0 Å². The maximum Gasteiger partial charge on any atom is 0.0159 e. The van der Waals surface area contributed by atoms with E-state index in [0.29, 0.717) is 0 Å². The average Bonchev–Trinajstić information content (AvgIpc) is 3.59. The second kappa shape index (κ2) is 14.3. The van der Waals surface area contributed by atoms with E-state index in [1.807, 2.05) is 0 Å². The lowest BCUT2D eigenvalue weighted by atomic mass is 9.78. The van der Waals surface area contributed by atoms with Gasteiger partial charge < -0.3 is 0 Å². The molecule has 0 nitrogen and oxygen atoms in total. The van der Waals surface area contributed by atoms with Gasteiger partial charge in [0.2, 0.25) is 0 Å². The Balaban J connectivity index is 1.02. The largest absolute Gasteiger partial charge is 0.0616 e. The van der Waals surface area contributed by atoms with E-state index in [1.165, 1.54) is 142 Å². The molecule has 0 saturated heterocycles. The van der Waals surface area contributed by atoms with Gasteiger partial charge in [-0.25, -0.2) is 0 Å². The Morgan fingerprint density at radius 1 is 0.224 bits per heavy atom. The van der Waals surface area contributed by atoms with Crippen LogP contribution in [0.15, 0.2) is 231 Å². The molecule has 13 aromatic carbocycles. The summed E-state index contributed by atoms with van der Waals surface area (Å²) in [6.45, 7) is 4.88. The lowest BCUT2D eigenvalue weighted by Gasteiger charge is -2.24. The van der Waals surface area contributed by atoms with E-state index < -0.39 is 0 Å². The molecule has 0 aliphatic heterocycles. The van der Waals surface area contributed by atoms with E-state index in [-0.39, 0.29) is 5.41 Å². The van der Waals surface area contributed by atoms with E-state index in [2.05, 4.69) is 244 Å². The van der Waals surface area contributed by atoms with Crippen LogP contribution in [0.25, 0.3) is 131 Å². The Morgan fingerprint density at radius 3 is 0.925 bits per heavy atom. The lowest BCUT2D eigenvalue weighted by Crippen LogP contribution is -2.15. The van der Waals surface area contributed by atoms with Crippen LogP contribution in [-0.2, 0) is 5.41 Å². The van der Waals surface area contributed by atoms with Crippen LogP contribution < -0.4 is 0 Å². The zero-order valence-corrected chi connectivity index (χ0v) is 37.4. The summed E-state index contributed by atoms with van der Waals surface area (Å²) in [5.41, 5.74) is 15.3. The van der Waals surface area contributed by atoms with Gasteiger partial charge in [0.25, 0.3) is 0 Å². The maximum absolute atomic E-state index is 2.56. The molecule has 0 spiro atoms. The van der Waals surface area contributed by atoms with E-state index in [1.54, 1.807) is 0 Å². The van der Waals surface area contributed by atoms with E-state index >= 15 is 0 Å². The monoisotopic (exact) mass is 848 g/mol. The minimum absolute atomic E-state index is 0.263. The molecule has 0 heteroatoms. The topological polar surface area (TPSA) is 0 Å². The number of fused-ring (bicyclic) bond motifs is 10. The molecule has 312 valence electrons. The molecule has 0 bridgehead atoms. The van der Waals surface area contributed by atoms with Crippen molar-refractivity contribution in [3.63, 3.8) is 0 Å². The summed E-state index contributed by atoms with van der Waals surface area (Å²) < 4.78 is 0. The van der Waals surface area contributed by atoms with Crippen molar-refractivity contribution < 1.29 is 0 Å². The van der Waals surface area contributed by atoms with Gasteiger partial charge in [-0.05, 0) is 179 Å². The van der Waals surface area contributed by atoms with Crippen LogP contribution in [0.3, 0.4) is 0 Å². The van der Waals surface area contributed by atoms with E-state index in [9.17, 15) is 0 Å². The van der Waals surface area contributed by atoms with Crippen molar-refractivity contribution >= 4 is 75.4 Å². The predicted octanol–water partition coefficient (Wildman–Crippen LogP) is 18.7. The molecule has 14 rings (SSSR count). The highest BCUT2D eigenvalue weighted by Crippen LogP contribution is 2.55. The molecular weight excluding hydrogens is 805 g/mol. The molecular formula is C67H44. The molecule has 0 N–H and O–H groups in total. The second-order valence-corrected chi connectivity index (χ2v) is 19.2. The minimum Gasteiger partial charge on any atom is -0.0616 e. The number of rotatable bonds is 4. The predicted molar refractivity (Wildman–Crippen MR) is 288 cm³/mol. The van der Waals surface area contributed by atoms with E-state index in [0.717, 1.165) is 0 Å². The van der Waals surface area contributed by atoms with Crippen LogP contribution in [0, 0.1) is 0 Å². The summed E-state index contributed by atoms with van der Waals surface area (Å²) in [5, 5.41) is 17.7. The van der Waals surface area contributed by atoms with Crippen molar-refractivity contribution in [1.29, 1.82) is 0 Å². The summed E-state index contributed by atoms with van der Waals surface area (Å²) in [6.07, 6.45) is 0. The highest BCUT2D eigenvalue weighted by atomic mass is 14.4. The molecule has 0 aromatic heterocycles. The van der Waals surface area contributed by atoms with Gasteiger partial charge in [0.15, 0.2) is 0 Å². The Morgan fingerprint density at radius 2 is 0.522 bits per heavy atom. The summed E-state index contributed by atoms with van der Waals surface area (Å²) >= 11 is 0. The molecule has 0 saturated carbocycles. The Hall–Kier alpha value is -8.32. The fraction of sp³-hybridized carbons (Fsp3) is 0.0448. The fourth-order valence-corrected chi connectivity index (χ4v) is 12.0. The molecule has 67 heavy (non-hydrogen) atoms. The van der Waals surface area contributed by atoms with Crippen molar-refractivity contribution in [3.8, 4) is 55.6 Å². The quantitative estimate of drug-likeness (QED) is 0.155. The van der Waals surface area contributed by atoms with E-state index in [4.69, 9.17) is 0 Å². The highest BCUT2D eigenvalue weighted by molar-refractivity contribution is 6.24. The third kappa shape index (κ3) is 5.66. The first-order valence-electron chi connectivity index (χ1n) is 23.6. The maximum atomic E-state index is 2.56. The fourth-order valence-electron chi connectivity index (χ4n) is 12.0. The molecule has 0 radical (unpaired) electrons. The number of hydrogen-bond donors (Lipinski definition) is 0. The van der Waals surface area contributed by atoms with Crippen LogP contribution in [0.5, 0.6) is 0 Å². The molecule has 0 amide bonds. The van der Waals surface area contributed by atoms with Gasteiger partial charge in [0, 0.05) is 5.41 Å². The van der Waals surface area contributed by atoms with Crippen LogP contribution >= 0.6 is 0 Å². The van der Waals surface area contributed by atoms with Crippen LogP contribution in [-0.4, -0.2) is 0 Å². The zero-order valence-electron chi connectivity index (χ0n) is 37.4. The van der Waals surface area contributed by atoms with Crippen LogP contribution in [0.2, 0.25) is 0 Å². The van der Waals surface area contributed by atoms with Crippen molar-refractivity contribution in [2.24, 2.45) is 0 Å². The second-order valence-electron chi connectivity index (χ2n) is 19.2. The van der Waals surface area contributed by atoms with Crippen molar-refractivity contribution in [2.75, 3.05) is 0 Å². The molecule has 0 unspecified atom stereocenters. The molecule has 1 aliphatic rings. The van der Waals surface area contributed by atoms with Crippen LogP contribution in [0.4, 0.5) is 0 Å². The third-order valence-electron chi connectivity index (χ3n) is 15.2. The Kier molecular flexibility index (Phi) is 8.13. The summed E-state index contributed by atoms with van der Waals surface area (Å²) in [6, 6.07) is 86.7. The molecule has 13 aromatic rings. The SMILES string of the molecule is CC1(C)c2cc(-c3c4ccccc4c(-c4ccc5ccccc5c4)c4ccccc34)ccc2-c2cc3c(-c4ccc5ccccc5c4)c4ccccc4c(-c4ccc5ccccc5c4)c3cc21.